The second kappa shape index (κ2) is 6.34. The fraction of sp³-hybridized carbons (Fsp3) is 0.455. The SMILES string of the molecule is C[N+](C)(C)CCOP(=O)(O)Oc1ccccc1I. The summed E-state index contributed by atoms with van der Waals surface area (Å²) >= 11 is 2.04. The Kier molecular flexibility index (Phi) is 5.61. The van der Waals surface area contributed by atoms with E-state index in [2.05, 4.69) is 0 Å². The van der Waals surface area contributed by atoms with E-state index in [1.54, 1.807) is 18.2 Å². The van der Waals surface area contributed by atoms with Gasteiger partial charge in [0.2, 0.25) is 0 Å². The molecule has 0 aliphatic rings. The number of rotatable bonds is 6. The number of nitrogens with zero attached hydrogens (tertiary/aromatic N) is 1. The van der Waals surface area contributed by atoms with Crippen LogP contribution in [0, 0.1) is 3.57 Å². The minimum absolute atomic E-state index is 0.167. The van der Waals surface area contributed by atoms with E-state index in [1.165, 1.54) is 0 Å². The molecule has 0 saturated heterocycles. The maximum absolute atomic E-state index is 11.7. The molecule has 1 aromatic carbocycles. The molecule has 5 nitrogen and oxygen atoms in total. The fourth-order valence-electron chi connectivity index (χ4n) is 1.10. The molecule has 1 unspecified atom stereocenters. The summed E-state index contributed by atoms with van der Waals surface area (Å²) in [5, 5.41) is 0. The van der Waals surface area contributed by atoms with Crippen molar-refractivity contribution in [2.24, 2.45) is 0 Å². The molecule has 0 aromatic heterocycles. The molecule has 1 atom stereocenters. The molecule has 0 aliphatic carbocycles. The van der Waals surface area contributed by atoms with Crippen molar-refractivity contribution < 1.29 is 23.0 Å². The first-order valence-electron chi connectivity index (χ1n) is 5.41. The van der Waals surface area contributed by atoms with E-state index in [0.717, 1.165) is 3.57 Å². The average Bonchev–Trinajstić information content (AvgIpc) is 2.18. The molecule has 0 aliphatic heterocycles. The molecule has 18 heavy (non-hydrogen) atoms. The topological polar surface area (TPSA) is 55.8 Å². The minimum Gasteiger partial charge on any atom is -0.403 e. The summed E-state index contributed by atoms with van der Waals surface area (Å²) in [6, 6.07) is 6.99. The van der Waals surface area contributed by atoms with Crippen molar-refractivity contribution >= 4 is 30.4 Å². The van der Waals surface area contributed by atoms with E-state index < -0.39 is 7.82 Å². The van der Waals surface area contributed by atoms with Gasteiger partial charge in [0.1, 0.15) is 18.9 Å². The summed E-state index contributed by atoms with van der Waals surface area (Å²) in [7, 11) is 1.89. The highest BCUT2D eigenvalue weighted by Crippen LogP contribution is 2.44. The fourth-order valence-corrected chi connectivity index (χ4v) is 2.54. The number of phosphoric ester groups is 1. The summed E-state index contributed by atoms with van der Waals surface area (Å²) in [6.45, 7) is 0.792. The second-order valence-electron chi connectivity index (χ2n) is 4.84. The van der Waals surface area contributed by atoms with Gasteiger partial charge in [0, 0.05) is 0 Å². The van der Waals surface area contributed by atoms with Crippen LogP contribution in [0.2, 0.25) is 0 Å². The zero-order valence-corrected chi connectivity index (χ0v) is 13.7. The van der Waals surface area contributed by atoms with Gasteiger partial charge < -0.3 is 9.01 Å². The molecule has 0 bridgehead atoms. The predicted octanol–water partition coefficient (Wildman–Crippen LogP) is 2.49. The van der Waals surface area contributed by atoms with Crippen molar-refractivity contribution in [2.75, 3.05) is 34.3 Å². The monoisotopic (exact) mass is 386 g/mol. The van der Waals surface area contributed by atoms with Gasteiger partial charge in [-0.3, -0.25) is 9.42 Å². The Bertz CT molecular complexity index is 447. The lowest BCUT2D eigenvalue weighted by atomic mass is 10.3. The second-order valence-corrected chi connectivity index (χ2v) is 7.38. The van der Waals surface area contributed by atoms with Gasteiger partial charge in [-0.25, -0.2) is 4.57 Å². The van der Waals surface area contributed by atoms with Crippen LogP contribution in [0.15, 0.2) is 24.3 Å². The van der Waals surface area contributed by atoms with E-state index >= 15 is 0 Å². The number of phosphoric acid groups is 1. The third kappa shape index (κ3) is 6.15. The standard InChI is InChI=1S/C11H17INO4P/c1-13(2,3)8-9-16-18(14,15)17-11-7-5-4-6-10(11)12/h4-7H,8-9H2,1-3H3/p+1. The normalized spacial score (nSPS) is 15.2. The third-order valence-electron chi connectivity index (χ3n) is 2.07. The Morgan fingerprint density at radius 1 is 1.33 bits per heavy atom. The van der Waals surface area contributed by atoms with Crippen molar-refractivity contribution in [3.63, 3.8) is 0 Å². The molecule has 0 spiro atoms. The first kappa shape index (κ1) is 15.9. The summed E-state index contributed by atoms with van der Waals surface area (Å²) in [5.74, 6) is 0.356. The molecule has 0 radical (unpaired) electrons. The van der Waals surface area contributed by atoms with Crippen LogP contribution in [0.25, 0.3) is 0 Å². The molecule has 102 valence electrons. The van der Waals surface area contributed by atoms with Crippen LogP contribution in [0.5, 0.6) is 5.75 Å². The Hall–Kier alpha value is -0.140. The van der Waals surface area contributed by atoms with Gasteiger partial charge in [-0.2, -0.15) is 0 Å². The van der Waals surface area contributed by atoms with E-state index in [-0.39, 0.29) is 6.61 Å². The highest BCUT2D eigenvalue weighted by atomic mass is 127. The van der Waals surface area contributed by atoms with Gasteiger partial charge in [-0.1, -0.05) is 12.1 Å². The van der Waals surface area contributed by atoms with Gasteiger partial charge in [0.25, 0.3) is 0 Å². The van der Waals surface area contributed by atoms with Crippen LogP contribution < -0.4 is 4.52 Å². The first-order chi connectivity index (χ1) is 8.20. The van der Waals surface area contributed by atoms with Crippen molar-refractivity contribution in [1.29, 1.82) is 0 Å². The van der Waals surface area contributed by atoms with Crippen molar-refractivity contribution in [3.05, 3.63) is 27.8 Å². The maximum atomic E-state index is 11.7. The summed E-state index contributed by atoms with van der Waals surface area (Å²) in [6.07, 6.45) is 0. The first-order valence-corrected chi connectivity index (χ1v) is 7.99. The molecule has 0 heterocycles. The number of quaternary nitrogens is 1. The molecule has 0 amide bonds. The van der Waals surface area contributed by atoms with Crippen molar-refractivity contribution in [3.8, 4) is 5.75 Å². The van der Waals surface area contributed by atoms with Crippen LogP contribution in [-0.4, -0.2) is 43.7 Å². The van der Waals surface area contributed by atoms with Crippen LogP contribution in [-0.2, 0) is 9.09 Å². The van der Waals surface area contributed by atoms with Crippen LogP contribution in [0.4, 0.5) is 0 Å². The summed E-state index contributed by atoms with van der Waals surface area (Å²) in [4.78, 5) is 9.59. The maximum Gasteiger partial charge on any atom is 0.527 e. The number of para-hydroxylation sites is 1. The van der Waals surface area contributed by atoms with Crippen LogP contribution in [0.1, 0.15) is 0 Å². The Morgan fingerprint density at radius 2 is 1.94 bits per heavy atom. The minimum atomic E-state index is -4.04. The lowest BCUT2D eigenvalue weighted by Gasteiger charge is -2.24. The molecule has 1 aromatic rings. The van der Waals surface area contributed by atoms with Gasteiger partial charge in [0.05, 0.1) is 24.7 Å². The van der Waals surface area contributed by atoms with Gasteiger partial charge >= 0.3 is 7.82 Å². The number of halogens is 1. The van der Waals surface area contributed by atoms with E-state index in [4.69, 9.17) is 9.05 Å². The van der Waals surface area contributed by atoms with E-state index in [0.29, 0.717) is 16.8 Å². The average molecular weight is 386 g/mol. The van der Waals surface area contributed by atoms with Crippen molar-refractivity contribution in [1.82, 2.24) is 0 Å². The lowest BCUT2D eigenvalue weighted by Crippen LogP contribution is -2.37. The zero-order chi connectivity index (χ0) is 13.8. The molecule has 1 rings (SSSR count). The highest BCUT2D eigenvalue weighted by molar-refractivity contribution is 14.1. The number of likely N-dealkylation sites (N-methyl/N-ethyl adjacent to an activating group) is 1. The molecule has 0 fully saturated rings. The Morgan fingerprint density at radius 3 is 2.50 bits per heavy atom. The van der Waals surface area contributed by atoms with Gasteiger partial charge in [-0.15, -0.1) is 0 Å². The summed E-state index contributed by atoms with van der Waals surface area (Å²) < 4.78 is 23.1. The van der Waals surface area contributed by atoms with E-state index in [1.807, 2.05) is 49.8 Å². The zero-order valence-electron chi connectivity index (χ0n) is 10.7. The number of hydrogen-bond acceptors (Lipinski definition) is 3. The largest absolute Gasteiger partial charge is 0.527 e. The lowest BCUT2D eigenvalue weighted by molar-refractivity contribution is -0.870. The molecule has 1 N–H and O–H groups in total. The highest BCUT2D eigenvalue weighted by Gasteiger charge is 2.25. The molecular formula is C11H18INO4P+. The Balaban J connectivity index is 2.55. The predicted molar refractivity (Wildman–Crippen MR) is 78.5 cm³/mol. The number of benzene rings is 1. The molecular weight excluding hydrogens is 368 g/mol. The smallest absolute Gasteiger partial charge is 0.403 e. The van der Waals surface area contributed by atoms with Crippen LogP contribution in [0.3, 0.4) is 0 Å². The third-order valence-corrected chi connectivity index (χ3v) is 3.89. The van der Waals surface area contributed by atoms with Crippen molar-refractivity contribution in [2.45, 2.75) is 0 Å². The molecule has 7 heteroatoms. The van der Waals surface area contributed by atoms with Gasteiger partial charge in [-0.05, 0) is 34.7 Å². The quantitative estimate of drug-likeness (QED) is 0.464. The van der Waals surface area contributed by atoms with Gasteiger partial charge in [0.15, 0.2) is 0 Å². The number of hydrogen-bond donors (Lipinski definition) is 1. The summed E-state index contributed by atoms with van der Waals surface area (Å²) in [5.41, 5.74) is 0. The van der Waals surface area contributed by atoms with Crippen LogP contribution >= 0.6 is 30.4 Å². The Labute approximate surface area is 121 Å². The van der Waals surface area contributed by atoms with E-state index in [9.17, 15) is 9.46 Å². The molecule has 0 saturated carbocycles.